The SMILES string of the molecule is Cl.O=C(c1ccc(I)s1)C1CCN([C@@H]2CCCC[C@H]2O)CC1. The number of aliphatic hydroxyl groups excluding tert-OH is 1. The van der Waals surface area contributed by atoms with Crippen molar-refractivity contribution in [1.82, 2.24) is 4.90 Å². The Labute approximate surface area is 156 Å². The monoisotopic (exact) mass is 455 g/mol. The highest BCUT2D eigenvalue weighted by molar-refractivity contribution is 14.1. The Bertz CT molecular complexity index is 502. The van der Waals surface area contributed by atoms with Crippen LogP contribution in [0.4, 0.5) is 0 Å². The molecule has 1 aliphatic carbocycles. The molecule has 1 saturated carbocycles. The van der Waals surface area contributed by atoms with Crippen LogP contribution in [0, 0.1) is 8.80 Å². The zero-order valence-corrected chi connectivity index (χ0v) is 16.3. The van der Waals surface area contributed by atoms with Crippen LogP contribution in [0.3, 0.4) is 0 Å². The summed E-state index contributed by atoms with van der Waals surface area (Å²) in [5.74, 6) is 0.503. The molecule has 3 rings (SSSR count). The average Bonchev–Trinajstić information content (AvgIpc) is 2.94. The maximum Gasteiger partial charge on any atom is 0.175 e. The zero-order valence-electron chi connectivity index (χ0n) is 12.5. The number of piperidine rings is 1. The number of likely N-dealkylation sites (tertiary alicyclic amines) is 1. The van der Waals surface area contributed by atoms with E-state index in [0.717, 1.165) is 50.1 Å². The topological polar surface area (TPSA) is 40.5 Å². The molecule has 0 spiro atoms. The number of carbonyl (C=O) groups is 1. The molecule has 0 radical (unpaired) electrons. The van der Waals surface area contributed by atoms with Crippen molar-refractivity contribution >= 4 is 52.1 Å². The van der Waals surface area contributed by atoms with Crippen molar-refractivity contribution in [2.24, 2.45) is 5.92 Å². The fraction of sp³-hybridized carbons (Fsp3) is 0.688. The average molecular weight is 456 g/mol. The fourth-order valence-corrected chi connectivity index (χ4v) is 5.30. The third-order valence-corrected chi connectivity index (χ3v) is 6.79. The summed E-state index contributed by atoms with van der Waals surface area (Å²) in [6.45, 7) is 1.92. The maximum absolute atomic E-state index is 12.5. The third kappa shape index (κ3) is 4.23. The highest BCUT2D eigenvalue weighted by Gasteiger charge is 2.33. The van der Waals surface area contributed by atoms with E-state index in [1.54, 1.807) is 11.3 Å². The molecule has 1 aromatic heterocycles. The van der Waals surface area contributed by atoms with Crippen LogP contribution in [-0.4, -0.2) is 41.0 Å². The third-order valence-electron chi connectivity index (χ3n) is 4.88. The molecular formula is C16H23ClINO2S. The van der Waals surface area contributed by atoms with Gasteiger partial charge in [0.15, 0.2) is 5.78 Å². The number of aliphatic hydroxyl groups is 1. The molecule has 2 atom stereocenters. The molecule has 124 valence electrons. The van der Waals surface area contributed by atoms with Crippen LogP contribution < -0.4 is 0 Å². The first-order valence-electron chi connectivity index (χ1n) is 7.87. The van der Waals surface area contributed by atoms with E-state index < -0.39 is 0 Å². The molecule has 0 amide bonds. The molecule has 1 aromatic rings. The fourth-order valence-electron chi connectivity index (χ4n) is 3.66. The first-order valence-corrected chi connectivity index (χ1v) is 9.76. The number of carbonyl (C=O) groups excluding carboxylic acids is 1. The van der Waals surface area contributed by atoms with E-state index in [0.29, 0.717) is 11.8 Å². The Morgan fingerprint density at radius 3 is 2.45 bits per heavy atom. The Balaban J connectivity index is 0.00000176. The first-order chi connectivity index (χ1) is 10.1. The number of halogens is 2. The molecule has 3 nitrogen and oxygen atoms in total. The van der Waals surface area contributed by atoms with Gasteiger partial charge >= 0.3 is 0 Å². The molecule has 1 N–H and O–H groups in total. The number of rotatable bonds is 3. The van der Waals surface area contributed by atoms with E-state index in [1.165, 1.54) is 9.30 Å². The highest BCUT2D eigenvalue weighted by Crippen LogP contribution is 2.30. The number of hydrogen-bond acceptors (Lipinski definition) is 4. The molecular weight excluding hydrogens is 433 g/mol. The Morgan fingerprint density at radius 1 is 1.18 bits per heavy atom. The van der Waals surface area contributed by atoms with Crippen LogP contribution in [0.1, 0.15) is 48.2 Å². The standard InChI is InChI=1S/C16H22INO2S.ClH/c17-15-6-5-14(21-15)16(20)11-7-9-18(10-8-11)12-3-1-2-4-13(12)19;/h5-6,11-13,19H,1-4,7-10H2;1H/t12-,13-;/m1./s1. The van der Waals surface area contributed by atoms with Crippen molar-refractivity contribution < 1.29 is 9.90 Å². The summed E-state index contributed by atoms with van der Waals surface area (Å²) in [4.78, 5) is 15.8. The van der Waals surface area contributed by atoms with Gasteiger partial charge in [-0.3, -0.25) is 9.69 Å². The summed E-state index contributed by atoms with van der Waals surface area (Å²) in [5, 5.41) is 10.2. The van der Waals surface area contributed by atoms with Gasteiger partial charge in [0, 0.05) is 12.0 Å². The molecule has 22 heavy (non-hydrogen) atoms. The molecule has 0 unspecified atom stereocenters. The molecule has 2 aliphatic rings. The lowest BCUT2D eigenvalue weighted by molar-refractivity contribution is 0.00503. The molecule has 1 aliphatic heterocycles. The molecule has 6 heteroatoms. The van der Waals surface area contributed by atoms with Gasteiger partial charge < -0.3 is 5.11 Å². The molecule has 2 fully saturated rings. The van der Waals surface area contributed by atoms with Crippen molar-refractivity contribution in [3.63, 3.8) is 0 Å². The lowest BCUT2D eigenvalue weighted by atomic mass is 9.87. The summed E-state index contributed by atoms with van der Waals surface area (Å²) in [7, 11) is 0. The molecule has 2 heterocycles. The quantitative estimate of drug-likeness (QED) is 0.554. The lowest BCUT2D eigenvalue weighted by Gasteiger charge is -2.41. The van der Waals surface area contributed by atoms with E-state index in [2.05, 4.69) is 27.5 Å². The number of hydrogen-bond donors (Lipinski definition) is 1. The van der Waals surface area contributed by atoms with Gasteiger partial charge in [0.25, 0.3) is 0 Å². The largest absolute Gasteiger partial charge is 0.391 e. The number of thiophene rings is 1. The second-order valence-electron chi connectivity index (χ2n) is 6.20. The number of ketones is 1. The van der Waals surface area contributed by atoms with E-state index in [9.17, 15) is 9.90 Å². The van der Waals surface area contributed by atoms with E-state index in [4.69, 9.17) is 0 Å². The summed E-state index contributed by atoms with van der Waals surface area (Å²) in [6.07, 6.45) is 6.16. The minimum Gasteiger partial charge on any atom is -0.391 e. The Morgan fingerprint density at radius 2 is 1.86 bits per heavy atom. The van der Waals surface area contributed by atoms with Gasteiger partial charge in [0.2, 0.25) is 0 Å². The predicted octanol–water partition coefficient (Wildman–Crippen LogP) is 3.97. The highest BCUT2D eigenvalue weighted by atomic mass is 127. The van der Waals surface area contributed by atoms with Crippen LogP contribution in [0.5, 0.6) is 0 Å². The molecule has 0 bridgehead atoms. The van der Waals surface area contributed by atoms with Gasteiger partial charge in [-0.05, 0) is 73.5 Å². The van der Waals surface area contributed by atoms with Gasteiger partial charge in [0.1, 0.15) is 0 Å². The second-order valence-corrected chi connectivity index (χ2v) is 9.18. The Kier molecular flexibility index (Phi) is 7.14. The maximum atomic E-state index is 12.5. The van der Waals surface area contributed by atoms with Gasteiger partial charge in [-0.2, -0.15) is 0 Å². The first kappa shape index (κ1) is 18.6. The van der Waals surface area contributed by atoms with Gasteiger partial charge in [0.05, 0.1) is 13.9 Å². The van der Waals surface area contributed by atoms with Gasteiger partial charge in [-0.25, -0.2) is 0 Å². The van der Waals surface area contributed by atoms with Crippen LogP contribution >= 0.6 is 46.3 Å². The zero-order chi connectivity index (χ0) is 14.8. The van der Waals surface area contributed by atoms with Crippen molar-refractivity contribution in [3.05, 3.63) is 19.9 Å². The van der Waals surface area contributed by atoms with Crippen LogP contribution in [0.25, 0.3) is 0 Å². The number of nitrogens with zero attached hydrogens (tertiary/aromatic N) is 1. The molecule has 0 aromatic carbocycles. The smallest absolute Gasteiger partial charge is 0.175 e. The van der Waals surface area contributed by atoms with Crippen LogP contribution in [0.15, 0.2) is 12.1 Å². The minimum atomic E-state index is -0.162. The van der Waals surface area contributed by atoms with Crippen molar-refractivity contribution in [1.29, 1.82) is 0 Å². The van der Waals surface area contributed by atoms with E-state index >= 15 is 0 Å². The summed E-state index contributed by atoms with van der Waals surface area (Å²) in [6, 6.07) is 4.32. The second kappa shape index (κ2) is 8.42. The van der Waals surface area contributed by atoms with Crippen molar-refractivity contribution in [2.75, 3.05) is 13.1 Å². The minimum absolute atomic E-state index is 0. The molecule has 1 saturated heterocycles. The van der Waals surface area contributed by atoms with Crippen LogP contribution in [0.2, 0.25) is 0 Å². The summed E-state index contributed by atoms with van der Waals surface area (Å²) in [5.41, 5.74) is 0. The summed E-state index contributed by atoms with van der Waals surface area (Å²) >= 11 is 3.87. The predicted molar refractivity (Wildman–Crippen MR) is 101 cm³/mol. The van der Waals surface area contributed by atoms with E-state index in [1.807, 2.05) is 12.1 Å². The normalized spacial score (nSPS) is 27.4. The van der Waals surface area contributed by atoms with Crippen LogP contribution in [-0.2, 0) is 0 Å². The van der Waals surface area contributed by atoms with Gasteiger partial charge in [-0.15, -0.1) is 23.7 Å². The van der Waals surface area contributed by atoms with E-state index in [-0.39, 0.29) is 24.4 Å². The lowest BCUT2D eigenvalue weighted by Crippen LogP contribution is -2.49. The number of Topliss-reactive ketones (excluding diaryl/α,β-unsaturated/α-hetero) is 1. The summed E-state index contributed by atoms with van der Waals surface area (Å²) < 4.78 is 1.18. The Hall–Kier alpha value is 0.310. The van der Waals surface area contributed by atoms with Crippen molar-refractivity contribution in [2.45, 2.75) is 50.7 Å². The van der Waals surface area contributed by atoms with Gasteiger partial charge in [-0.1, -0.05) is 12.8 Å². The van der Waals surface area contributed by atoms with Crippen molar-refractivity contribution in [3.8, 4) is 0 Å².